The highest BCUT2D eigenvalue weighted by Crippen LogP contribution is 2.41. The molecule has 1 unspecified atom stereocenters. The molecule has 0 spiro atoms. The van der Waals surface area contributed by atoms with E-state index in [1.807, 2.05) is 35.9 Å². The first-order valence-corrected chi connectivity index (χ1v) is 7.32. The molecule has 1 aliphatic rings. The Kier molecular flexibility index (Phi) is 3.06. The fourth-order valence-electron chi connectivity index (χ4n) is 3.29. The third kappa shape index (κ3) is 2.00. The Labute approximate surface area is 140 Å². The van der Waals surface area contributed by atoms with E-state index in [9.17, 15) is 15.3 Å². The monoisotopic (exact) mass is 337 g/mol. The predicted octanol–water partition coefficient (Wildman–Crippen LogP) is 1.74. The summed E-state index contributed by atoms with van der Waals surface area (Å²) in [6.45, 7) is 0. The SMILES string of the molecule is Cn1cc(C2C([N+](=O)[O-])=CC(=C=N)c3no[n+]([O-])c32)c2ccccc21. The maximum atomic E-state index is 12.1. The van der Waals surface area contributed by atoms with Crippen LogP contribution in [0.1, 0.15) is 22.9 Å². The van der Waals surface area contributed by atoms with Crippen molar-refractivity contribution in [3.8, 4) is 0 Å². The second-order valence-corrected chi connectivity index (χ2v) is 5.67. The summed E-state index contributed by atoms with van der Waals surface area (Å²) in [5, 5.41) is 35.6. The molecule has 0 radical (unpaired) electrons. The first kappa shape index (κ1) is 14.9. The van der Waals surface area contributed by atoms with Crippen LogP contribution in [0, 0.1) is 20.7 Å². The molecule has 4 rings (SSSR count). The lowest BCUT2D eigenvalue weighted by molar-refractivity contribution is -0.808. The molecular formula is C16H11N5O4. The van der Waals surface area contributed by atoms with Gasteiger partial charge in [-0.25, -0.2) is 0 Å². The van der Waals surface area contributed by atoms with Crippen LogP contribution in [-0.4, -0.2) is 20.5 Å². The Morgan fingerprint density at radius 1 is 1.44 bits per heavy atom. The van der Waals surface area contributed by atoms with Gasteiger partial charge in [0.05, 0.1) is 10.5 Å². The fourth-order valence-corrected chi connectivity index (χ4v) is 3.29. The lowest BCUT2D eigenvalue weighted by Crippen LogP contribution is -2.34. The molecule has 0 fully saturated rings. The molecule has 1 atom stereocenters. The van der Waals surface area contributed by atoms with Gasteiger partial charge in [0.1, 0.15) is 5.92 Å². The van der Waals surface area contributed by atoms with E-state index < -0.39 is 10.8 Å². The average Bonchev–Trinajstić information content (AvgIpc) is 3.15. The number of nitro groups is 1. The molecule has 0 amide bonds. The zero-order valence-corrected chi connectivity index (χ0v) is 13.0. The van der Waals surface area contributed by atoms with Gasteiger partial charge in [-0.05, 0) is 22.4 Å². The number of nitrogens with zero attached hydrogens (tertiary/aromatic N) is 4. The van der Waals surface area contributed by atoms with Crippen LogP contribution in [0.25, 0.3) is 16.5 Å². The summed E-state index contributed by atoms with van der Waals surface area (Å²) in [4.78, 5) is 11.3. The van der Waals surface area contributed by atoms with Crippen LogP contribution in [0.5, 0.6) is 0 Å². The first-order valence-electron chi connectivity index (χ1n) is 7.32. The lowest BCUT2D eigenvalue weighted by Gasteiger charge is -2.15. The molecular weight excluding hydrogens is 326 g/mol. The van der Waals surface area contributed by atoms with Crippen LogP contribution in [0.4, 0.5) is 0 Å². The summed E-state index contributed by atoms with van der Waals surface area (Å²) >= 11 is 0. The Balaban J connectivity index is 2.08. The van der Waals surface area contributed by atoms with Crippen molar-refractivity contribution in [3.05, 3.63) is 74.5 Å². The minimum Gasteiger partial charge on any atom is -0.359 e. The third-order valence-corrected chi connectivity index (χ3v) is 4.35. The number of nitrogens with one attached hydrogen (secondary N) is 1. The molecule has 9 heteroatoms. The number of hydrogen-bond acceptors (Lipinski definition) is 6. The van der Waals surface area contributed by atoms with Crippen molar-refractivity contribution in [2.75, 3.05) is 0 Å². The molecule has 0 saturated carbocycles. The van der Waals surface area contributed by atoms with E-state index in [0.29, 0.717) is 5.56 Å². The normalized spacial score (nSPS) is 16.4. The molecule has 1 aliphatic carbocycles. The summed E-state index contributed by atoms with van der Waals surface area (Å²) in [6, 6.07) is 7.42. The van der Waals surface area contributed by atoms with Gasteiger partial charge in [0.2, 0.25) is 5.69 Å². The van der Waals surface area contributed by atoms with E-state index in [1.54, 1.807) is 6.20 Å². The fraction of sp³-hybridized carbons (Fsp3) is 0.125. The number of fused-ring (bicyclic) bond motifs is 2. The highest BCUT2D eigenvalue weighted by Gasteiger charge is 2.44. The second-order valence-electron chi connectivity index (χ2n) is 5.67. The lowest BCUT2D eigenvalue weighted by atomic mass is 9.85. The molecule has 0 bridgehead atoms. The summed E-state index contributed by atoms with van der Waals surface area (Å²) in [5.74, 6) is 1.12. The molecule has 1 N–H and O–H groups in total. The van der Waals surface area contributed by atoms with Crippen molar-refractivity contribution in [3.63, 3.8) is 0 Å². The Morgan fingerprint density at radius 3 is 2.92 bits per heavy atom. The topological polar surface area (TPSA) is 125 Å². The van der Waals surface area contributed by atoms with Gasteiger partial charge in [-0.3, -0.25) is 20.2 Å². The van der Waals surface area contributed by atoms with E-state index in [4.69, 9.17) is 5.41 Å². The van der Waals surface area contributed by atoms with Gasteiger partial charge in [0.25, 0.3) is 11.4 Å². The number of para-hydroxylation sites is 1. The van der Waals surface area contributed by atoms with Crippen molar-refractivity contribution < 1.29 is 14.5 Å². The minimum absolute atomic E-state index is 0.0136. The van der Waals surface area contributed by atoms with Gasteiger partial charge in [-0.1, -0.05) is 18.2 Å². The van der Waals surface area contributed by atoms with Crippen LogP contribution >= 0.6 is 0 Å². The summed E-state index contributed by atoms with van der Waals surface area (Å²) < 4.78 is 6.49. The standard InChI is InChI=1S/C16H11N5O4/c1-19-8-11(10-4-2-3-5-12(10)19)14-13(20(22)23)6-9(7-17)15-16(14)21(24)25-18-15/h2-6,8,14,17H,1H3. The maximum absolute atomic E-state index is 12.1. The van der Waals surface area contributed by atoms with Gasteiger partial charge in [0.15, 0.2) is 0 Å². The Hall–Kier alpha value is -3.71. The van der Waals surface area contributed by atoms with Crippen LogP contribution < -0.4 is 4.90 Å². The molecule has 25 heavy (non-hydrogen) atoms. The number of benzene rings is 1. The van der Waals surface area contributed by atoms with Crippen LogP contribution in [-0.2, 0) is 7.05 Å². The van der Waals surface area contributed by atoms with Crippen molar-refractivity contribution >= 4 is 22.3 Å². The molecule has 2 aromatic heterocycles. The highest BCUT2D eigenvalue weighted by molar-refractivity contribution is 5.96. The molecule has 2 heterocycles. The zero-order valence-electron chi connectivity index (χ0n) is 13.0. The van der Waals surface area contributed by atoms with E-state index in [0.717, 1.165) is 10.9 Å². The van der Waals surface area contributed by atoms with Gasteiger partial charge in [-0.15, -0.1) is 0 Å². The molecule has 124 valence electrons. The quantitative estimate of drug-likeness (QED) is 0.330. The minimum atomic E-state index is -0.961. The third-order valence-electron chi connectivity index (χ3n) is 4.35. The van der Waals surface area contributed by atoms with E-state index in [1.165, 1.54) is 6.08 Å². The summed E-state index contributed by atoms with van der Waals surface area (Å²) in [5.41, 5.74) is 1.36. The summed E-state index contributed by atoms with van der Waals surface area (Å²) in [6.07, 6.45) is 2.97. The first-order chi connectivity index (χ1) is 12.0. The Bertz CT molecular complexity index is 1120. The smallest absolute Gasteiger partial charge is 0.263 e. The van der Waals surface area contributed by atoms with Crippen molar-refractivity contribution in [1.82, 2.24) is 9.72 Å². The molecule has 1 aromatic carbocycles. The highest BCUT2D eigenvalue weighted by atomic mass is 16.8. The van der Waals surface area contributed by atoms with E-state index in [2.05, 4.69) is 15.7 Å². The van der Waals surface area contributed by atoms with Crippen molar-refractivity contribution in [2.45, 2.75) is 5.92 Å². The molecule has 9 nitrogen and oxygen atoms in total. The van der Waals surface area contributed by atoms with E-state index >= 15 is 0 Å². The largest absolute Gasteiger partial charge is 0.359 e. The Morgan fingerprint density at radius 2 is 2.20 bits per heavy atom. The number of allylic oxidation sites excluding steroid dienone is 3. The van der Waals surface area contributed by atoms with Crippen LogP contribution in [0.3, 0.4) is 0 Å². The number of hydrogen-bond donors (Lipinski definition) is 1. The van der Waals surface area contributed by atoms with Gasteiger partial charge in [0, 0.05) is 35.4 Å². The van der Waals surface area contributed by atoms with Gasteiger partial charge >= 0.3 is 0 Å². The number of aromatic nitrogens is 3. The maximum Gasteiger partial charge on any atom is 0.263 e. The molecule has 0 aliphatic heterocycles. The van der Waals surface area contributed by atoms with Crippen molar-refractivity contribution in [2.24, 2.45) is 7.05 Å². The second kappa shape index (κ2) is 5.15. The number of rotatable bonds is 2. The summed E-state index contributed by atoms with van der Waals surface area (Å²) in [7, 11) is 1.83. The van der Waals surface area contributed by atoms with Crippen LogP contribution in [0.2, 0.25) is 0 Å². The molecule has 0 saturated heterocycles. The number of aryl methyl sites for hydroxylation is 1. The van der Waals surface area contributed by atoms with Crippen LogP contribution in [0.15, 0.2) is 46.9 Å². The zero-order chi connectivity index (χ0) is 17.7. The average molecular weight is 337 g/mol. The predicted molar refractivity (Wildman–Crippen MR) is 86.4 cm³/mol. The van der Waals surface area contributed by atoms with Crippen molar-refractivity contribution in [1.29, 1.82) is 5.41 Å². The van der Waals surface area contributed by atoms with E-state index in [-0.39, 0.29) is 27.6 Å². The van der Waals surface area contributed by atoms with Gasteiger partial charge < -0.3 is 9.77 Å². The molecule has 3 aromatic rings. The van der Waals surface area contributed by atoms with Gasteiger partial charge in [-0.2, -0.15) is 0 Å².